The average molecular weight is 268 g/mol. The number of carbonyl (C=O) groups excluding carboxylic acids is 1. The van der Waals surface area contributed by atoms with Gasteiger partial charge in [-0.1, -0.05) is 0 Å². The number of hydrogen-bond donors (Lipinski definition) is 4. The Morgan fingerprint density at radius 3 is 2.24 bits per heavy atom. The molecule has 0 aliphatic carbocycles. The summed E-state index contributed by atoms with van der Waals surface area (Å²) < 4.78 is 21.5. The van der Waals surface area contributed by atoms with Crippen LogP contribution in [0.1, 0.15) is 6.92 Å². The molecule has 0 aromatic rings. The van der Waals surface area contributed by atoms with Crippen molar-refractivity contribution in [2.24, 2.45) is 0 Å². The minimum absolute atomic E-state index is 0.128. The lowest BCUT2D eigenvalue weighted by Gasteiger charge is -2.17. The molecule has 0 bridgehead atoms. The van der Waals surface area contributed by atoms with E-state index in [1.807, 2.05) is 5.32 Å². The normalized spacial score (nSPS) is 14.8. The summed E-state index contributed by atoms with van der Waals surface area (Å²) in [5.74, 6) is -1.62. The molecule has 0 heterocycles. The van der Waals surface area contributed by atoms with Gasteiger partial charge in [0, 0.05) is 12.8 Å². The lowest BCUT2D eigenvalue weighted by molar-refractivity contribution is -0.141. The summed E-state index contributed by atoms with van der Waals surface area (Å²) in [6, 6.07) is -2.28. The van der Waals surface area contributed by atoms with E-state index in [2.05, 4.69) is 5.32 Å². The summed E-state index contributed by atoms with van der Waals surface area (Å²) in [5.41, 5.74) is 0. The molecular weight excluding hydrogens is 252 g/mol. The number of hydrogen-bond acceptors (Lipinski definition) is 5. The number of rotatable bonds is 6. The monoisotopic (exact) mass is 268 g/mol. The largest absolute Gasteiger partial charge is 0.480 e. The molecule has 0 rings (SSSR count). The molecule has 0 aliphatic rings. The van der Waals surface area contributed by atoms with Crippen molar-refractivity contribution in [1.29, 1.82) is 0 Å². The van der Waals surface area contributed by atoms with Gasteiger partial charge in [-0.2, -0.15) is 0 Å². The molecule has 9 heteroatoms. The number of carboxylic acids is 1. The first kappa shape index (κ1) is 15.7. The van der Waals surface area contributed by atoms with Crippen LogP contribution in [0.4, 0.5) is 4.79 Å². The van der Waals surface area contributed by atoms with E-state index in [9.17, 15) is 18.0 Å². The molecule has 2 atom stereocenters. The fraction of sp³-hybridized carbons (Fsp3) is 0.750. The highest BCUT2D eigenvalue weighted by Crippen LogP contribution is 1.92. The second kappa shape index (κ2) is 6.40. The van der Waals surface area contributed by atoms with Crippen molar-refractivity contribution in [3.05, 3.63) is 0 Å². The number of aliphatic carboxylic acids is 1. The van der Waals surface area contributed by atoms with Crippen LogP contribution >= 0.6 is 0 Å². The Balaban J connectivity index is 4.13. The number of urea groups is 1. The van der Waals surface area contributed by atoms with Crippen molar-refractivity contribution >= 4 is 21.8 Å². The molecule has 8 nitrogen and oxygen atoms in total. The van der Waals surface area contributed by atoms with Crippen LogP contribution in [0.25, 0.3) is 0 Å². The number of carbonyl (C=O) groups is 2. The van der Waals surface area contributed by atoms with E-state index < -0.39 is 34.0 Å². The van der Waals surface area contributed by atoms with E-state index in [0.29, 0.717) is 0 Å². The Hall–Kier alpha value is -1.35. The van der Waals surface area contributed by atoms with Crippen LogP contribution in [-0.2, 0) is 14.6 Å². The van der Waals surface area contributed by atoms with Crippen molar-refractivity contribution in [3.8, 4) is 0 Å². The van der Waals surface area contributed by atoms with E-state index in [1.54, 1.807) is 0 Å². The van der Waals surface area contributed by atoms with Crippen molar-refractivity contribution in [2.45, 2.75) is 19.1 Å². The molecule has 0 fully saturated rings. The molecule has 17 heavy (non-hydrogen) atoms. The van der Waals surface area contributed by atoms with Crippen LogP contribution in [0, 0.1) is 0 Å². The Morgan fingerprint density at radius 1 is 1.35 bits per heavy atom. The second-order valence-electron chi connectivity index (χ2n) is 3.59. The average Bonchev–Trinajstić information content (AvgIpc) is 2.10. The van der Waals surface area contributed by atoms with Crippen molar-refractivity contribution in [3.63, 3.8) is 0 Å². The number of aliphatic hydroxyl groups is 1. The zero-order valence-corrected chi connectivity index (χ0v) is 10.3. The first-order chi connectivity index (χ1) is 7.63. The van der Waals surface area contributed by atoms with E-state index in [0.717, 1.165) is 6.26 Å². The fourth-order valence-electron chi connectivity index (χ4n) is 0.931. The number of sulfone groups is 1. The maximum Gasteiger partial charge on any atom is 0.328 e. The van der Waals surface area contributed by atoms with Gasteiger partial charge >= 0.3 is 12.0 Å². The third-order valence-electron chi connectivity index (χ3n) is 1.79. The molecule has 0 unspecified atom stereocenters. The van der Waals surface area contributed by atoms with Gasteiger partial charge < -0.3 is 20.8 Å². The maximum atomic E-state index is 11.2. The highest BCUT2D eigenvalue weighted by atomic mass is 32.2. The first-order valence-corrected chi connectivity index (χ1v) is 6.82. The first-order valence-electron chi connectivity index (χ1n) is 4.76. The molecule has 100 valence electrons. The molecule has 0 spiro atoms. The smallest absolute Gasteiger partial charge is 0.328 e. The van der Waals surface area contributed by atoms with Gasteiger partial charge in [0.1, 0.15) is 9.84 Å². The molecule has 2 amide bonds. The maximum absolute atomic E-state index is 11.2. The Labute approximate surface area is 98.9 Å². The summed E-state index contributed by atoms with van der Waals surface area (Å²) in [6.45, 7) is 1.09. The third kappa shape index (κ3) is 7.53. The van der Waals surface area contributed by atoms with Crippen LogP contribution in [0.2, 0.25) is 0 Å². The number of amides is 2. The van der Waals surface area contributed by atoms with E-state index in [-0.39, 0.29) is 12.3 Å². The molecule has 0 aromatic heterocycles. The molecule has 0 aliphatic heterocycles. The van der Waals surface area contributed by atoms with E-state index >= 15 is 0 Å². The SMILES string of the molecule is C[C@@H](O)[C@H](NC(=O)NCCS(C)(=O)=O)C(=O)O. The highest BCUT2D eigenvalue weighted by molar-refractivity contribution is 7.90. The third-order valence-corrected chi connectivity index (χ3v) is 2.74. The molecule has 4 N–H and O–H groups in total. The summed E-state index contributed by atoms with van der Waals surface area (Å²) in [4.78, 5) is 21.8. The van der Waals surface area contributed by atoms with E-state index in [1.165, 1.54) is 6.92 Å². The van der Waals surface area contributed by atoms with Crippen LogP contribution in [0.15, 0.2) is 0 Å². The van der Waals surface area contributed by atoms with Gasteiger partial charge in [0.05, 0.1) is 11.9 Å². The predicted molar refractivity (Wildman–Crippen MR) is 59.3 cm³/mol. The van der Waals surface area contributed by atoms with Crippen molar-refractivity contribution in [1.82, 2.24) is 10.6 Å². The van der Waals surface area contributed by atoms with Crippen molar-refractivity contribution < 1.29 is 28.2 Å². The zero-order chi connectivity index (χ0) is 13.6. The predicted octanol–water partition coefficient (Wildman–Crippen LogP) is -1.84. The number of carboxylic acid groups (broad SMARTS) is 1. The van der Waals surface area contributed by atoms with Gasteiger partial charge in [-0.25, -0.2) is 18.0 Å². The van der Waals surface area contributed by atoms with Gasteiger partial charge in [0.2, 0.25) is 0 Å². The van der Waals surface area contributed by atoms with Gasteiger partial charge in [-0.15, -0.1) is 0 Å². The summed E-state index contributed by atoms with van der Waals surface area (Å²) >= 11 is 0. The Morgan fingerprint density at radius 2 is 1.88 bits per heavy atom. The van der Waals surface area contributed by atoms with Crippen LogP contribution in [0.3, 0.4) is 0 Å². The highest BCUT2D eigenvalue weighted by Gasteiger charge is 2.24. The van der Waals surface area contributed by atoms with Gasteiger partial charge in [0.25, 0.3) is 0 Å². The second-order valence-corrected chi connectivity index (χ2v) is 5.85. The minimum atomic E-state index is -3.19. The van der Waals surface area contributed by atoms with E-state index in [4.69, 9.17) is 10.2 Å². The Kier molecular flexibility index (Phi) is 5.89. The van der Waals surface area contributed by atoms with Gasteiger partial charge in [-0.05, 0) is 6.92 Å². The van der Waals surface area contributed by atoms with Gasteiger partial charge in [-0.3, -0.25) is 0 Å². The molecule has 0 radical (unpaired) electrons. The van der Waals surface area contributed by atoms with Crippen LogP contribution < -0.4 is 10.6 Å². The van der Waals surface area contributed by atoms with Gasteiger partial charge in [0.15, 0.2) is 6.04 Å². The van der Waals surface area contributed by atoms with Crippen LogP contribution in [-0.4, -0.2) is 61.3 Å². The molecule has 0 aromatic carbocycles. The van der Waals surface area contributed by atoms with Crippen LogP contribution in [0.5, 0.6) is 0 Å². The van der Waals surface area contributed by atoms with Crippen molar-refractivity contribution in [2.75, 3.05) is 18.6 Å². The Bertz CT molecular complexity index is 377. The lowest BCUT2D eigenvalue weighted by atomic mass is 10.2. The summed E-state index contributed by atoms with van der Waals surface area (Å²) in [6.07, 6.45) is -0.240. The number of aliphatic hydroxyl groups excluding tert-OH is 1. The molecular formula is C8H16N2O6S. The summed E-state index contributed by atoms with van der Waals surface area (Å²) in [5, 5.41) is 21.9. The fourth-order valence-corrected chi connectivity index (χ4v) is 1.40. The topological polar surface area (TPSA) is 133 Å². The quantitative estimate of drug-likeness (QED) is 0.447. The molecule has 0 saturated carbocycles. The lowest BCUT2D eigenvalue weighted by Crippen LogP contribution is -2.51. The zero-order valence-electron chi connectivity index (χ0n) is 9.50. The molecule has 0 saturated heterocycles. The summed E-state index contributed by atoms with van der Waals surface area (Å²) in [7, 11) is -3.19. The minimum Gasteiger partial charge on any atom is -0.480 e. The number of nitrogens with one attached hydrogen (secondary N) is 2. The standard InChI is InChI=1S/C8H16N2O6S/c1-5(11)6(7(12)13)10-8(14)9-3-4-17(2,15)16/h5-6,11H,3-4H2,1-2H3,(H,12,13)(H2,9,10,14)/t5-,6+/m1/s1.